The van der Waals surface area contributed by atoms with Crippen molar-refractivity contribution in [2.75, 3.05) is 26.2 Å². The van der Waals surface area contributed by atoms with Crippen LogP contribution in [-0.2, 0) is 6.54 Å². The van der Waals surface area contributed by atoms with E-state index in [0.29, 0.717) is 18.7 Å². The number of carbonyl (C=O) groups is 1. The summed E-state index contributed by atoms with van der Waals surface area (Å²) in [6.45, 7) is 3.68. The molecule has 2 aromatic carbocycles. The van der Waals surface area contributed by atoms with Gasteiger partial charge in [0.15, 0.2) is 0 Å². The van der Waals surface area contributed by atoms with Crippen LogP contribution in [0.25, 0.3) is 11.0 Å². The van der Waals surface area contributed by atoms with Crippen LogP contribution in [0.3, 0.4) is 0 Å². The molecule has 3 aromatic rings. The lowest BCUT2D eigenvalue weighted by Crippen LogP contribution is -2.37. The van der Waals surface area contributed by atoms with Gasteiger partial charge < -0.3 is 9.32 Å². The fourth-order valence-corrected chi connectivity index (χ4v) is 3.69. The summed E-state index contributed by atoms with van der Waals surface area (Å²) in [5.74, 6) is -0.257. The highest BCUT2D eigenvalue weighted by Gasteiger charge is 2.23. The van der Waals surface area contributed by atoms with Crippen molar-refractivity contribution in [2.24, 2.45) is 0 Å². The van der Waals surface area contributed by atoms with Crippen LogP contribution in [0, 0.1) is 0 Å². The van der Waals surface area contributed by atoms with E-state index < -0.39 is 5.63 Å². The Morgan fingerprint density at radius 1 is 1.00 bits per heavy atom. The standard InChI is InChI=1S/C22H21ClN2O3/c23-18-8-6-16(7-9-18)15-24-10-3-11-25(13-12-24)21(26)19-14-17-4-1-2-5-20(17)28-22(19)27/h1-2,4-9,14H,3,10-13,15H2. The van der Waals surface area contributed by atoms with E-state index in [9.17, 15) is 9.59 Å². The Labute approximate surface area is 168 Å². The fraction of sp³-hybridized carbons (Fsp3) is 0.273. The van der Waals surface area contributed by atoms with Crippen molar-refractivity contribution >= 4 is 28.5 Å². The maximum atomic E-state index is 13.0. The predicted octanol–water partition coefficient (Wildman–Crippen LogP) is 3.79. The molecular formula is C22H21ClN2O3. The van der Waals surface area contributed by atoms with Crippen LogP contribution in [0.5, 0.6) is 0 Å². The number of fused-ring (bicyclic) bond motifs is 1. The summed E-state index contributed by atoms with van der Waals surface area (Å²) >= 11 is 5.95. The molecule has 5 nitrogen and oxygen atoms in total. The highest BCUT2D eigenvalue weighted by Crippen LogP contribution is 2.16. The number of hydrogen-bond donors (Lipinski definition) is 0. The Kier molecular flexibility index (Phi) is 5.46. The van der Waals surface area contributed by atoms with Gasteiger partial charge in [-0.05, 0) is 36.2 Å². The number of benzene rings is 2. The van der Waals surface area contributed by atoms with Crippen molar-refractivity contribution in [1.82, 2.24) is 9.80 Å². The van der Waals surface area contributed by atoms with Gasteiger partial charge in [-0.2, -0.15) is 0 Å². The molecule has 1 aliphatic rings. The minimum absolute atomic E-state index is 0.102. The summed E-state index contributed by atoms with van der Waals surface area (Å²) < 4.78 is 5.32. The summed E-state index contributed by atoms with van der Waals surface area (Å²) in [4.78, 5) is 29.3. The maximum Gasteiger partial charge on any atom is 0.349 e. The van der Waals surface area contributed by atoms with E-state index in [0.717, 1.165) is 36.5 Å². The molecule has 0 radical (unpaired) electrons. The second-order valence-electron chi connectivity index (χ2n) is 7.03. The molecule has 0 N–H and O–H groups in total. The van der Waals surface area contributed by atoms with Crippen molar-refractivity contribution in [1.29, 1.82) is 0 Å². The number of nitrogens with zero attached hydrogens (tertiary/aromatic N) is 2. The fourth-order valence-electron chi connectivity index (χ4n) is 3.56. The van der Waals surface area contributed by atoms with E-state index in [1.54, 1.807) is 23.1 Å². The van der Waals surface area contributed by atoms with E-state index in [1.165, 1.54) is 5.56 Å². The van der Waals surface area contributed by atoms with Gasteiger partial charge in [0.25, 0.3) is 5.91 Å². The van der Waals surface area contributed by atoms with E-state index in [2.05, 4.69) is 4.90 Å². The van der Waals surface area contributed by atoms with Crippen LogP contribution < -0.4 is 5.63 Å². The van der Waals surface area contributed by atoms with E-state index in [-0.39, 0.29) is 11.5 Å². The first kappa shape index (κ1) is 18.7. The lowest BCUT2D eigenvalue weighted by atomic mass is 10.1. The molecule has 28 heavy (non-hydrogen) atoms. The number of amides is 1. The molecule has 0 saturated carbocycles. The van der Waals surface area contributed by atoms with E-state index in [4.69, 9.17) is 16.0 Å². The quantitative estimate of drug-likeness (QED) is 0.632. The Bertz CT molecular complexity index is 1050. The molecule has 0 bridgehead atoms. The topological polar surface area (TPSA) is 53.8 Å². The summed E-state index contributed by atoms with van der Waals surface area (Å²) in [6.07, 6.45) is 0.859. The van der Waals surface area contributed by atoms with Gasteiger partial charge in [-0.25, -0.2) is 4.79 Å². The number of carbonyl (C=O) groups excluding carboxylic acids is 1. The van der Waals surface area contributed by atoms with Gasteiger partial charge >= 0.3 is 5.63 Å². The molecule has 0 spiro atoms. The molecule has 4 rings (SSSR count). The monoisotopic (exact) mass is 396 g/mol. The zero-order valence-electron chi connectivity index (χ0n) is 15.4. The van der Waals surface area contributed by atoms with Gasteiger partial charge in [0.05, 0.1) is 0 Å². The molecule has 2 heterocycles. The van der Waals surface area contributed by atoms with Crippen molar-refractivity contribution in [3.05, 3.63) is 81.2 Å². The van der Waals surface area contributed by atoms with E-state index in [1.807, 2.05) is 36.4 Å². The number of rotatable bonds is 3. The second-order valence-corrected chi connectivity index (χ2v) is 7.47. The zero-order chi connectivity index (χ0) is 19.5. The van der Waals surface area contributed by atoms with E-state index >= 15 is 0 Å². The van der Waals surface area contributed by atoms with Crippen molar-refractivity contribution in [3.63, 3.8) is 0 Å². The largest absolute Gasteiger partial charge is 0.422 e. The Hall–Kier alpha value is -2.63. The van der Waals surface area contributed by atoms with Crippen molar-refractivity contribution < 1.29 is 9.21 Å². The molecule has 6 heteroatoms. The third kappa shape index (κ3) is 4.11. The molecule has 0 aliphatic carbocycles. The summed E-state index contributed by atoms with van der Waals surface area (Å²) in [7, 11) is 0. The minimum Gasteiger partial charge on any atom is -0.422 e. The van der Waals surface area contributed by atoms with Crippen LogP contribution in [0.2, 0.25) is 5.02 Å². The molecule has 144 valence electrons. The second kappa shape index (κ2) is 8.17. The zero-order valence-corrected chi connectivity index (χ0v) is 16.2. The van der Waals surface area contributed by atoms with Gasteiger partial charge in [0, 0.05) is 43.1 Å². The first-order chi connectivity index (χ1) is 13.6. The van der Waals surface area contributed by atoms with Gasteiger partial charge in [-0.3, -0.25) is 9.69 Å². The van der Waals surface area contributed by atoms with Gasteiger partial charge in [-0.15, -0.1) is 0 Å². The molecule has 0 atom stereocenters. The van der Waals surface area contributed by atoms with Gasteiger partial charge in [0.2, 0.25) is 0 Å². The van der Waals surface area contributed by atoms with Crippen molar-refractivity contribution in [3.8, 4) is 0 Å². The number of para-hydroxylation sites is 1. The first-order valence-electron chi connectivity index (χ1n) is 9.39. The molecule has 1 fully saturated rings. The molecule has 1 amide bonds. The maximum absolute atomic E-state index is 13.0. The van der Waals surface area contributed by atoms with Crippen molar-refractivity contribution in [2.45, 2.75) is 13.0 Å². The van der Waals surface area contributed by atoms with Crippen LogP contribution in [-0.4, -0.2) is 41.9 Å². The summed E-state index contributed by atoms with van der Waals surface area (Å²) in [5.41, 5.74) is 1.21. The smallest absolute Gasteiger partial charge is 0.349 e. The van der Waals surface area contributed by atoms with Crippen LogP contribution in [0.4, 0.5) is 0 Å². The summed E-state index contributed by atoms with van der Waals surface area (Å²) in [5, 5.41) is 1.48. The average molecular weight is 397 g/mol. The Morgan fingerprint density at radius 3 is 2.61 bits per heavy atom. The van der Waals surface area contributed by atoms with Crippen LogP contribution >= 0.6 is 11.6 Å². The van der Waals surface area contributed by atoms with Crippen LogP contribution in [0.1, 0.15) is 22.3 Å². The Morgan fingerprint density at radius 2 is 1.79 bits per heavy atom. The third-order valence-corrected chi connectivity index (χ3v) is 5.32. The minimum atomic E-state index is -0.578. The molecule has 1 saturated heterocycles. The van der Waals surface area contributed by atoms with Gasteiger partial charge in [0.1, 0.15) is 11.1 Å². The molecule has 0 unspecified atom stereocenters. The highest BCUT2D eigenvalue weighted by molar-refractivity contribution is 6.30. The molecular weight excluding hydrogens is 376 g/mol. The highest BCUT2D eigenvalue weighted by atomic mass is 35.5. The number of halogens is 1. The lowest BCUT2D eigenvalue weighted by Gasteiger charge is -2.22. The molecule has 1 aromatic heterocycles. The predicted molar refractivity (Wildman–Crippen MR) is 110 cm³/mol. The first-order valence-corrected chi connectivity index (χ1v) is 9.77. The van der Waals surface area contributed by atoms with Gasteiger partial charge in [-0.1, -0.05) is 41.9 Å². The Balaban J connectivity index is 1.46. The normalized spacial score (nSPS) is 15.5. The SMILES string of the molecule is O=C(c1cc2ccccc2oc1=O)N1CCCN(Cc2ccc(Cl)cc2)CC1. The number of hydrogen-bond acceptors (Lipinski definition) is 4. The summed E-state index contributed by atoms with van der Waals surface area (Å²) in [6, 6.07) is 16.7. The van der Waals surface area contributed by atoms with Crippen LogP contribution in [0.15, 0.2) is 63.8 Å². The third-order valence-electron chi connectivity index (χ3n) is 5.07. The molecule has 1 aliphatic heterocycles. The lowest BCUT2D eigenvalue weighted by molar-refractivity contribution is 0.0757. The average Bonchev–Trinajstić information content (AvgIpc) is 2.94.